The van der Waals surface area contributed by atoms with Crippen LogP contribution in [0, 0.1) is 0 Å². The molecule has 2 aromatic heterocycles. The minimum Gasteiger partial charge on any atom is -0.481 e. The molecule has 9 heteroatoms. The number of thioether (sulfide) groups is 1. The van der Waals surface area contributed by atoms with Gasteiger partial charge in [-0.1, -0.05) is 28.3 Å². The summed E-state index contributed by atoms with van der Waals surface area (Å²) < 4.78 is 5.30. The van der Waals surface area contributed by atoms with E-state index in [-0.39, 0.29) is 5.75 Å². The van der Waals surface area contributed by atoms with Gasteiger partial charge in [0.2, 0.25) is 5.13 Å². The number of nitrogens with zero attached hydrogens (tertiary/aromatic N) is 3. The van der Waals surface area contributed by atoms with E-state index in [0.29, 0.717) is 16.0 Å². The number of hydrogen-bond donors (Lipinski definition) is 2. The van der Waals surface area contributed by atoms with Gasteiger partial charge >= 0.3 is 5.97 Å². The lowest BCUT2D eigenvalue weighted by molar-refractivity contribution is -0.133. The van der Waals surface area contributed by atoms with Gasteiger partial charge in [0, 0.05) is 6.07 Å². The zero-order valence-electron chi connectivity index (χ0n) is 8.49. The topological polar surface area (TPSA) is 101 Å². The van der Waals surface area contributed by atoms with Gasteiger partial charge in [0.1, 0.15) is 12.0 Å². The van der Waals surface area contributed by atoms with Gasteiger partial charge in [-0.05, 0) is 0 Å². The van der Waals surface area contributed by atoms with Gasteiger partial charge in [0.05, 0.1) is 12.3 Å². The molecule has 0 radical (unpaired) electrons. The van der Waals surface area contributed by atoms with Crippen LogP contribution in [-0.2, 0) is 11.3 Å². The van der Waals surface area contributed by atoms with E-state index in [9.17, 15) is 4.79 Å². The van der Waals surface area contributed by atoms with Crippen LogP contribution >= 0.6 is 23.1 Å². The maximum atomic E-state index is 10.4. The van der Waals surface area contributed by atoms with Gasteiger partial charge in [0.15, 0.2) is 4.34 Å². The third-order valence-electron chi connectivity index (χ3n) is 1.64. The highest BCUT2D eigenvalue weighted by Crippen LogP contribution is 2.25. The van der Waals surface area contributed by atoms with Crippen molar-refractivity contribution in [2.45, 2.75) is 10.9 Å². The number of carboxylic acid groups (broad SMARTS) is 1. The van der Waals surface area contributed by atoms with Gasteiger partial charge in [-0.25, -0.2) is 0 Å². The molecule has 90 valence electrons. The van der Waals surface area contributed by atoms with Crippen molar-refractivity contribution in [2.75, 3.05) is 11.1 Å². The molecule has 0 aliphatic rings. The van der Waals surface area contributed by atoms with Crippen molar-refractivity contribution >= 4 is 34.2 Å². The molecule has 2 rings (SSSR count). The fourth-order valence-corrected chi connectivity index (χ4v) is 2.43. The van der Waals surface area contributed by atoms with Gasteiger partial charge in [-0.3, -0.25) is 4.79 Å². The van der Waals surface area contributed by atoms with Crippen LogP contribution in [-0.4, -0.2) is 32.2 Å². The molecule has 0 aliphatic heterocycles. The molecule has 7 nitrogen and oxygen atoms in total. The Labute approximate surface area is 104 Å². The molecule has 0 atom stereocenters. The molecule has 0 aliphatic carbocycles. The maximum absolute atomic E-state index is 10.4. The monoisotopic (exact) mass is 272 g/mol. The summed E-state index contributed by atoms with van der Waals surface area (Å²) in [5.41, 5.74) is 0.764. The van der Waals surface area contributed by atoms with Gasteiger partial charge < -0.3 is 14.9 Å². The summed E-state index contributed by atoms with van der Waals surface area (Å²) in [5.74, 6) is -0.889. The Kier molecular flexibility index (Phi) is 3.94. The third kappa shape index (κ3) is 3.71. The summed E-state index contributed by atoms with van der Waals surface area (Å²) in [6, 6.07) is 1.74. The predicted octanol–water partition coefficient (Wildman–Crippen LogP) is 1.31. The number of hydrogen-bond acceptors (Lipinski definition) is 8. The first kappa shape index (κ1) is 11.9. The molecule has 0 unspecified atom stereocenters. The molecule has 0 spiro atoms. The van der Waals surface area contributed by atoms with E-state index in [4.69, 9.17) is 5.11 Å². The average Bonchev–Trinajstić information content (AvgIpc) is 2.95. The Morgan fingerprint density at radius 3 is 3.18 bits per heavy atom. The lowest BCUT2D eigenvalue weighted by atomic mass is 10.4. The number of aliphatic carboxylic acids is 1. The van der Waals surface area contributed by atoms with E-state index >= 15 is 0 Å². The molecular formula is C8H8N4O3S2. The quantitative estimate of drug-likeness (QED) is 0.759. The summed E-state index contributed by atoms with van der Waals surface area (Å²) >= 11 is 2.45. The molecule has 0 amide bonds. The molecule has 0 aromatic carbocycles. The third-order valence-corrected chi connectivity index (χ3v) is 3.64. The first-order valence-electron chi connectivity index (χ1n) is 4.55. The second-order valence-electron chi connectivity index (χ2n) is 2.90. The largest absolute Gasteiger partial charge is 0.481 e. The van der Waals surface area contributed by atoms with Crippen molar-refractivity contribution in [3.8, 4) is 0 Å². The van der Waals surface area contributed by atoms with E-state index in [1.54, 1.807) is 6.07 Å². The smallest absolute Gasteiger partial charge is 0.313 e. The van der Waals surface area contributed by atoms with E-state index in [1.165, 1.54) is 17.6 Å². The number of aromatic nitrogens is 3. The van der Waals surface area contributed by atoms with Crippen LogP contribution in [0.4, 0.5) is 5.13 Å². The summed E-state index contributed by atoms with van der Waals surface area (Å²) in [4.78, 5) is 10.4. The van der Waals surface area contributed by atoms with Crippen LogP contribution in [0.5, 0.6) is 0 Å². The van der Waals surface area contributed by atoms with Gasteiger partial charge in [0.25, 0.3) is 0 Å². The number of carboxylic acids is 1. The highest BCUT2D eigenvalue weighted by atomic mass is 32.2. The molecule has 2 aromatic rings. The Hall–Kier alpha value is -1.61. The summed E-state index contributed by atoms with van der Waals surface area (Å²) in [5, 5.41) is 23.6. The van der Waals surface area contributed by atoms with Crippen LogP contribution in [0.3, 0.4) is 0 Å². The maximum Gasteiger partial charge on any atom is 0.313 e. The minimum absolute atomic E-state index is 0.0160. The van der Waals surface area contributed by atoms with Gasteiger partial charge in [-0.15, -0.1) is 10.2 Å². The van der Waals surface area contributed by atoms with E-state index in [1.807, 2.05) is 0 Å². The van der Waals surface area contributed by atoms with Crippen LogP contribution in [0.1, 0.15) is 5.69 Å². The van der Waals surface area contributed by atoms with Crippen molar-refractivity contribution in [1.82, 2.24) is 15.4 Å². The SMILES string of the molecule is O=C(O)CSc1nnc(NCc2ccon2)s1. The molecule has 0 saturated carbocycles. The lowest BCUT2D eigenvalue weighted by Gasteiger charge is -1.95. The molecule has 0 bridgehead atoms. The Morgan fingerprint density at radius 2 is 2.47 bits per heavy atom. The molecule has 2 heterocycles. The van der Waals surface area contributed by atoms with Crippen LogP contribution in [0.15, 0.2) is 21.2 Å². The summed E-state index contributed by atoms with van der Waals surface area (Å²) in [7, 11) is 0. The fraction of sp³-hybridized carbons (Fsp3) is 0.250. The van der Waals surface area contributed by atoms with E-state index < -0.39 is 5.97 Å². The van der Waals surface area contributed by atoms with Crippen LogP contribution in [0.25, 0.3) is 0 Å². The molecule has 2 N–H and O–H groups in total. The predicted molar refractivity (Wildman–Crippen MR) is 62.1 cm³/mol. The number of carbonyl (C=O) groups is 1. The minimum atomic E-state index is -0.873. The highest BCUT2D eigenvalue weighted by molar-refractivity contribution is 8.01. The Morgan fingerprint density at radius 1 is 1.59 bits per heavy atom. The average molecular weight is 272 g/mol. The summed E-state index contributed by atoms with van der Waals surface area (Å²) in [6.45, 7) is 0.495. The van der Waals surface area contributed by atoms with E-state index in [0.717, 1.165) is 17.5 Å². The number of rotatable bonds is 6. The molecule has 0 saturated heterocycles. The van der Waals surface area contributed by atoms with Crippen molar-refractivity contribution in [2.24, 2.45) is 0 Å². The molecule has 17 heavy (non-hydrogen) atoms. The van der Waals surface area contributed by atoms with Crippen molar-refractivity contribution in [1.29, 1.82) is 0 Å². The Bertz CT molecular complexity index is 485. The number of nitrogens with one attached hydrogen (secondary N) is 1. The van der Waals surface area contributed by atoms with Crippen molar-refractivity contribution in [3.05, 3.63) is 18.0 Å². The van der Waals surface area contributed by atoms with Crippen LogP contribution < -0.4 is 5.32 Å². The second-order valence-corrected chi connectivity index (χ2v) is 5.10. The first-order valence-corrected chi connectivity index (χ1v) is 6.35. The molecule has 0 fully saturated rings. The van der Waals surface area contributed by atoms with Crippen LogP contribution in [0.2, 0.25) is 0 Å². The highest BCUT2D eigenvalue weighted by Gasteiger charge is 2.07. The van der Waals surface area contributed by atoms with E-state index in [2.05, 4.69) is 25.2 Å². The normalized spacial score (nSPS) is 10.4. The van der Waals surface area contributed by atoms with Crippen molar-refractivity contribution in [3.63, 3.8) is 0 Å². The fourth-order valence-electron chi connectivity index (χ4n) is 0.958. The first-order chi connectivity index (χ1) is 8.24. The Balaban J connectivity index is 1.83. The van der Waals surface area contributed by atoms with Gasteiger partial charge in [-0.2, -0.15) is 0 Å². The number of anilines is 1. The molecular weight excluding hydrogens is 264 g/mol. The standard InChI is InChI=1S/C8H8N4O3S2/c13-6(14)4-16-8-11-10-7(17-8)9-3-5-1-2-15-12-5/h1-2H,3-4H2,(H,9,10)(H,13,14). The summed E-state index contributed by atoms with van der Waals surface area (Å²) in [6.07, 6.45) is 1.49. The van der Waals surface area contributed by atoms with Crippen molar-refractivity contribution < 1.29 is 14.4 Å². The zero-order valence-corrected chi connectivity index (χ0v) is 10.1. The zero-order chi connectivity index (χ0) is 12.1. The lowest BCUT2D eigenvalue weighted by Crippen LogP contribution is -1.98. The second kappa shape index (κ2) is 5.64.